The molecule has 0 N–H and O–H groups in total. The molecule has 1 saturated carbocycles. The minimum Gasteiger partial charge on any atom is -0.441 e. The number of hydrogen-bond acceptors (Lipinski definition) is 3. The maximum absolute atomic E-state index is 12.3. The monoisotopic (exact) mass is 332 g/mol. The molecule has 3 rings (SSSR count). The molecule has 0 bridgehead atoms. The first-order valence-corrected chi connectivity index (χ1v) is 8.39. The molecular weight excluding hydrogens is 312 g/mol. The minimum atomic E-state index is 0.141. The first kappa shape index (κ1) is 16.1. The van der Waals surface area contributed by atoms with Crippen molar-refractivity contribution in [1.82, 2.24) is 9.88 Å². The third-order valence-corrected chi connectivity index (χ3v) is 4.88. The maximum Gasteiger partial charge on any atom is 0.223 e. The summed E-state index contributed by atoms with van der Waals surface area (Å²) in [4.78, 5) is 18.4. The molecule has 0 aliphatic heterocycles. The number of nitrogens with zero attached hydrogens (tertiary/aromatic N) is 2. The van der Waals surface area contributed by atoms with Gasteiger partial charge in [0.1, 0.15) is 0 Å². The molecule has 1 fully saturated rings. The van der Waals surface area contributed by atoms with Gasteiger partial charge in [0.25, 0.3) is 0 Å². The van der Waals surface area contributed by atoms with Crippen molar-refractivity contribution in [3.05, 3.63) is 41.4 Å². The summed E-state index contributed by atoms with van der Waals surface area (Å²) in [5.41, 5.74) is 0.818. The van der Waals surface area contributed by atoms with Crippen LogP contribution in [0.3, 0.4) is 0 Å². The van der Waals surface area contributed by atoms with Crippen LogP contribution in [0.4, 0.5) is 0 Å². The van der Waals surface area contributed by atoms with Gasteiger partial charge in [0.05, 0.1) is 11.2 Å². The fourth-order valence-corrected chi connectivity index (χ4v) is 2.95. The third-order valence-electron chi connectivity index (χ3n) is 4.55. The number of hydrogen-bond donors (Lipinski definition) is 0. The van der Waals surface area contributed by atoms with Crippen LogP contribution in [0.5, 0.6) is 0 Å². The zero-order chi connectivity index (χ0) is 16.4. The lowest BCUT2D eigenvalue weighted by Crippen LogP contribution is -2.36. The standard InChI is InChI=1S/C18H21ClN2O2/c1-12(13-7-8-13)21(2)18(22)10-9-17-20-11-16(23-17)14-5-3-4-6-15(14)19/h3-6,11-13H,7-10H2,1-2H3. The Kier molecular flexibility index (Phi) is 4.71. The molecular formula is C18H21ClN2O2. The molecule has 5 heteroatoms. The van der Waals surface area contributed by atoms with Crippen LogP contribution in [0.2, 0.25) is 5.02 Å². The zero-order valence-electron chi connectivity index (χ0n) is 13.5. The van der Waals surface area contributed by atoms with Gasteiger partial charge >= 0.3 is 0 Å². The van der Waals surface area contributed by atoms with Crippen LogP contribution in [0.15, 0.2) is 34.9 Å². The van der Waals surface area contributed by atoms with E-state index in [1.807, 2.05) is 36.2 Å². The van der Waals surface area contributed by atoms with Gasteiger partial charge in [-0.05, 0) is 37.8 Å². The molecule has 1 unspecified atom stereocenters. The molecule has 1 aromatic carbocycles. The number of aromatic nitrogens is 1. The molecule has 4 nitrogen and oxygen atoms in total. The quantitative estimate of drug-likeness (QED) is 0.797. The Hall–Kier alpha value is -1.81. The van der Waals surface area contributed by atoms with Crippen LogP contribution in [-0.2, 0) is 11.2 Å². The third kappa shape index (κ3) is 3.75. The Balaban J connectivity index is 1.59. The summed E-state index contributed by atoms with van der Waals surface area (Å²) < 4.78 is 5.73. The van der Waals surface area contributed by atoms with Gasteiger partial charge in [0, 0.05) is 31.5 Å². The number of halogens is 1. The minimum absolute atomic E-state index is 0.141. The summed E-state index contributed by atoms with van der Waals surface area (Å²) >= 11 is 6.16. The highest BCUT2D eigenvalue weighted by atomic mass is 35.5. The van der Waals surface area contributed by atoms with E-state index in [0.717, 1.165) is 5.56 Å². The number of oxazole rings is 1. The molecule has 1 amide bonds. The van der Waals surface area contributed by atoms with E-state index in [9.17, 15) is 4.79 Å². The summed E-state index contributed by atoms with van der Waals surface area (Å²) in [5, 5.41) is 0.629. The fourth-order valence-electron chi connectivity index (χ4n) is 2.72. The SMILES string of the molecule is CC(C1CC1)N(C)C(=O)CCc1ncc(-c2ccccc2Cl)o1. The fraction of sp³-hybridized carbons (Fsp3) is 0.444. The van der Waals surface area contributed by atoms with E-state index in [0.29, 0.717) is 41.5 Å². The van der Waals surface area contributed by atoms with Crippen molar-refractivity contribution in [2.24, 2.45) is 5.92 Å². The molecule has 0 saturated heterocycles. The highest BCUT2D eigenvalue weighted by Crippen LogP contribution is 2.35. The van der Waals surface area contributed by atoms with Gasteiger partial charge in [-0.15, -0.1) is 0 Å². The molecule has 0 spiro atoms. The van der Waals surface area contributed by atoms with Crippen LogP contribution in [0, 0.1) is 5.92 Å². The Morgan fingerprint density at radius 3 is 2.87 bits per heavy atom. The second kappa shape index (κ2) is 6.75. The van der Waals surface area contributed by atoms with Crippen molar-refractivity contribution in [3.63, 3.8) is 0 Å². The molecule has 1 atom stereocenters. The first-order chi connectivity index (χ1) is 11.1. The second-order valence-electron chi connectivity index (χ2n) is 6.18. The average molecular weight is 333 g/mol. The molecule has 23 heavy (non-hydrogen) atoms. The molecule has 1 aliphatic rings. The Morgan fingerprint density at radius 1 is 1.43 bits per heavy atom. The Bertz CT molecular complexity index is 694. The number of rotatable bonds is 6. The summed E-state index contributed by atoms with van der Waals surface area (Å²) in [7, 11) is 1.88. The number of benzene rings is 1. The van der Waals surface area contributed by atoms with Crippen molar-refractivity contribution in [2.75, 3.05) is 7.05 Å². The first-order valence-electron chi connectivity index (χ1n) is 8.01. The van der Waals surface area contributed by atoms with E-state index in [1.165, 1.54) is 12.8 Å². The lowest BCUT2D eigenvalue weighted by molar-refractivity contribution is -0.132. The van der Waals surface area contributed by atoms with Crippen molar-refractivity contribution >= 4 is 17.5 Å². The molecule has 1 heterocycles. The van der Waals surface area contributed by atoms with E-state index < -0.39 is 0 Å². The lowest BCUT2D eigenvalue weighted by Gasteiger charge is -2.24. The summed E-state index contributed by atoms with van der Waals surface area (Å²) in [6.07, 6.45) is 5.05. The highest BCUT2D eigenvalue weighted by molar-refractivity contribution is 6.33. The van der Waals surface area contributed by atoms with Gasteiger partial charge in [-0.1, -0.05) is 23.7 Å². The predicted octanol–water partition coefficient (Wildman–Crippen LogP) is 4.18. The van der Waals surface area contributed by atoms with Gasteiger partial charge in [0.15, 0.2) is 11.7 Å². The van der Waals surface area contributed by atoms with Crippen molar-refractivity contribution in [2.45, 2.75) is 38.6 Å². The van der Waals surface area contributed by atoms with E-state index in [4.69, 9.17) is 16.0 Å². The normalized spacial score (nSPS) is 15.4. The van der Waals surface area contributed by atoms with E-state index in [2.05, 4.69) is 11.9 Å². The van der Waals surface area contributed by atoms with Gasteiger partial charge < -0.3 is 9.32 Å². The summed E-state index contributed by atoms with van der Waals surface area (Å²) in [6, 6.07) is 7.81. The molecule has 2 aromatic rings. The number of amides is 1. The van der Waals surface area contributed by atoms with Gasteiger partial charge in [0.2, 0.25) is 5.91 Å². The average Bonchev–Trinajstić information content (AvgIpc) is 3.30. The number of aryl methyl sites for hydroxylation is 1. The molecule has 122 valence electrons. The topological polar surface area (TPSA) is 46.3 Å². The van der Waals surface area contributed by atoms with E-state index in [1.54, 1.807) is 6.20 Å². The van der Waals surface area contributed by atoms with Crippen LogP contribution < -0.4 is 0 Å². The number of carbonyl (C=O) groups excluding carboxylic acids is 1. The van der Waals surface area contributed by atoms with Gasteiger partial charge in [-0.25, -0.2) is 4.98 Å². The predicted molar refractivity (Wildman–Crippen MR) is 90.2 cm³/mol. The van der Waals surface area contributed by atoms with Crippen molar-refractivity contribution < 1.29 is 9.21 Å². The van der Waals surface area contributed by atoms with Crippen LogP contribution in [0.25, 0.3) is 11.3 Å². The summed E-state index contributed by atoms with van der Waals surface area (Å²) in [6.45, 7) is 2.12. The van der Waals surface area contributed by atoms with Crippen LogP contribution in [0.1, 0.15) is 32.1 Å². The van der Waals surface area contributed by atoms with Gasteiger partial charge in [-0.3, -0.25) is 4.79 Å². The molecule has 0 radical (unpaired) electrons. The second-order valence-corrected chi connectivity index (χ2v) is 6.59. The zero-order valence-corrected chi connectivity index (χ0v) is 14.2. The lowest BCUT2D eigenvalue weighted by atomic mass is 10.1. The molecule has 1 aromatic heterocycles. The molecule has 1 aliphatic carbocycles. The smallest absolute Gasteiger partial charge is 0.223 e. The summed E-state index contributed by atoms with van der Waals surface area (Å²) in [5.74, 6) is 2.03. The van der Waals surface area contributed by atoms with Crippen LogP contribution >= 0.6 is 11.6 Å². The van der Waals surface area contributed by atoms with Gasteiger partial charge in [-0.2, -0.15) is 0 Å². The van der Waals surface area contributed by atoms with Crippen molar-refractivity contribution in [1.29, 1.82) is 0 Å². The number of carbonyl (C=O) groups is 1. The highest BCUT2D eigenvalue weighted by Gasteiger charge is 2.32. The Labute approximate surface area is 141 Å². The maximum atomic E-state index is 12.3. The van der Waals surface area contributed by atoms with E-state index >= 15 is 0 Å². The van der Waals surface area contributed by atoms with Crippen molar-refractivity contribution in [3.8, 4) is 11.3 Å². The van der Waals surface area contributed by atoms with E-state index in [-0.39, 0.29) is 5.91 Å². The largest absolute Gasteiger partial charge is 0.441 e. The Morgan fingerprint density at radius 2 is 2.17 bits per heavy atom. The van der Waals surface area contributed by atoms with Crippen LogP contribution in [-0.4, -0.2) is 28.9 Å².